The van der Waals surface area contributed by atoms with Gasteiger partial charge in [0.2, 0.25) is 0 Å². The zero-order valence-corrected chi connectivity index (χ0v) is 19.2. The highest BCUT2D eigenvalue weighted by Gasteiger charge is 2.33. The molecule has 0 saturated heterocycles. The second-order valence-electron chi connectivity index (χ2n) is 8.36. The lowest BCUT2D eigenvalue weighted by Gasteiger charge is -2.31. The van der Waals surface area contributed by atoms with E-state index in [1.807, 2.05) is 67.7 Å². The van der Waals surface area contributed by atoms with Gasteiger partial charge in [0.1, 0.15) is 11.6 Å². The van der Waals surface area contributed by atoms with Gasteiger partial charge in [0, 0.05) is 17.6 Å². The third-order valence-corrected chi connectivity index (χ3v) is 6.15. The number of aryl methyl sites for hydroxylation is 1. The lowest BCUT2D eigenvalue weighted by Crippen LogP contribution is -2.37. The monoisotopic (exact) mass is 455 g/mol. The average molecular weight is 456 g/mol. The van der Waals surface area contributed by atoms with E-state index in [-0.39, 0.29) is 17.9 Å². The van der Waals surface area contributed by atoms with Crippen LogP contribution in [0.4, 0.5) is 14.9 Å². The number of rotatable bonds is 4. The molecule has 5 rings (SSSR count). The quantitative estimate of drug-likeness (QED) is 0.384. The van der Waals surface area contributed by atoms with Crippen LogP contribution < -0.4 is 10.1 Å². The fourth-order valence-electron chi connectivity index (χ4n) is 4.47. The summed E-state index contributed by atoms with van der Waals surface area (Å²) in [5.41, 5.74) is 4.95. The first-order valence-corrected chi connectivity index (χ1v) is 11.4. The molecule has 0 aliphatic carbocycles. The number of amides is 2. The normalized spacial score (nSPS) is 14.7. The Balaban J connectivity index is 1.59. The van der Waals surface area contributed by atoms with Crippen LogP contribution in [-0.4, -0.2) is 22.1 Å². The topological polar surface area (TPSA) is 46.5 Å². The molecule has 1 aromatic heterocycles. The Bertz CT molecular complexity index is 1330. The Labute approximate surface area is 198 Å². The van der Waals surface area contributed by atoms with E-state index in [0.717, 1.165) is 28.3 Å². The number of benzene rings is 3. The van der Waals surface area contributed by atoms with E-state index in [0.29, 0.717) is 24.4 Å². The zero-order valence-electron chi connectivity index (χ0n) is 19.2. The molecule has 0 spiro atoms. The molecule has 4 aromatic rings. The van der Waals surface area contributed by atoms with Gasteiger partial charge < -0.3 is 19.5 Å². The van der Waals surface area contributed by atoms with Crippen molar-refractivity contribution < 1.29 is 13.9 Å². The van der Waals surface area contributed by atoms with Gasteiger partial charge in [0.15, 0.2) is 0 Å². The molecule has 1 aliphatic rings. The molecular weight excluding hydrogens is 429 g/mol. The number of hydrogen-bond donors (Lipinski definition) is 1. The van der Waals surface area contributed by atoms with E-state index in [9.17, 15) is 9.18 Å². The van der Waals surface area contributed by atoms with Crippen molar-refractivity contribution in [3.63, 3.8) is 0 Å². The predicted molar refractivity (Wildman–Crippen MR) is 131 cm³/mol. The maximum Gasteiger partial charge on any atom is 0.322 e. The van der Waals surface area contributed by atoms with Crippen molar-refractivity contribution in [2.24, 2.45) is 0 Å². The van der Waals surface area contributed by atoms with Crippen LogP contribution in [0.5, 0.6) is 5.75 Å². The first-order valence-electron chi connectivity index (χ1n) is 11.4. The molecule has 1 aliphatic heterocycles. The van der Waals surface area contributed by atoms with Gasteiger partial charge >= 0.3 is 6.03 Å². The maximum atomic E-state index is 14.2. The van der Waals surface area contributed by atoms with Crippen LogP contribution in [0.25, 0.3) is 5.69 Å². The van der Waals surface area contributed by atoms with Crippen molar-refractivity contribution in [2.45, 2.75) is 26.4 Å². The summed E-state index contributed by atoms with van der Waals surface area (Å²) in [6.07, 6.45) is 2.02. The minimum Gasteiger partial charge on any atom is -0.494 e. The number of halogens is 1. The highest BCUT2D eigenvalue weighted by atomic mass is 19.1. The molecule has 6 heteroatoms. The largest absolute Gasteiger partial charge is 0.494 e. The minimum atomic E-state index is -0.353. The van der Waals surface area contributed by atoms with Crippen molar-refractivity contribution in [2.75, 3.05) is 11.9 Å². The number of nitrogens with one attached hydrogen (secondary N) is 1. The molecule has 0 bridgehead atoms. The molecule has 1 unspecified atom stereocenters. The van der Waals surface area contributed by atoms with E-state index in [1.165, 1.54) is 6.07 Å². The van der Waals surface area contributed by atoms with Crippen LogP contribution >= 0.6 is 0 Å². The highest BCUT2D eigenvalue weighted by Crippen LogP contribution is 2.37. The van der Waals surface area contributed by atoms with Crippen LogP contribution in [-0.2, 0) is 6.54 Å². The van der Waals surface area contributed by atoms with Gasteiger partial charge in [-0.1, -0.05) is 36.4 Å². The van der Waals surface area contributed by atoms with Gasteiger partial charge in [-0.15, -0.1) is 0 Å². The Morgan fingerprint density at radius 1 is 1.06 bits per heavy atom. The number of carbonyl (C=O) groups is 1. The van der Waals surface area contributed by atoms with E-state index in [2.05, 4.69) is 16.0 Å². The average Bonchev–Trinajstić information content (AvgIpc) is 3.27. The number of anilines is 1. The molecule has 0 radical (unpaired) electrons. The number of urea groups is 1. The number of aromatic nitrogens is 1. The SMILES string of the molecule is CCOc1ccc(C2c3cccn3-c3ccccc3CN2C(=O)Nc2ccc(C)c(F)c2)cc1. The summed E-state index contributed by atoms with van der Waals surface area (Å²) in [7, 11) is 0. The molecule has 0 fully saturated rings. The fourth-order valence-corrected chi connectivity index (χ4v) is 4.47. The van der Waals surface area contributed by atoms with E-state index < -0.39 is 0 Å². The van der Waals surface area contributed by atoms with Gasteiger partial charge in [-0.3, -0.25) is 0 Å². The molecule has 5 nitrogen and oxygen atoms in total. The lowest BCUT2D eigenvalue weighted by molar-refractivity contribution is 0.194. The van der Waals surface area contributed by atoms with E-state index in [1.54, 1.807) is 24.0 Å². The number of carbonyl (C=O) groups excluding carboxylic acids is 1. The third-order valence-electron chi connectivity index (χ3n) is 6.15. The summed E-state index contributed by atoms with van der Waals surface area (Å²) in [5, 5.41) is 2.91. The summed E-state index contributed by atoms with van der Waals surface area (Å²) >= 11 is 0. The number of para-hydroxylation sites is 1. The van der Waals surface area contributed by atoms with E-state index >= 15 is 0 Å². The molecule has 2 heterocycles. The Kier molecular flexibility index (Phi) is 5.80. The van der Waals surface area contributed by atoms with Crippen LogP contribution in [0.3, 0.4) is 0 Å². The van der Waals surface area contributed by atoms with Crippen molar-refractivity contribution >= 4 is 11.7 Å². The summed E-state index contributed by atoms with van der Waals surface area (Å²) < 4.78 is 21.9. The molecule has 0 saturated carbocycles. The smallest absolute Gasteiger partial charge is 0.322 e. The Morgan fingerprint density at radius 3 is 2.62 bits per heavy atom. The van der Waals surface area contributed by atoms with Gasteiger partial charge in [0.25, 0.3) is 0 Å². The first-order chi connectivity index (χ1) is 16.5. The Morgan fingerprint density at radius 2 is 1.85 bits per heavy atom. The van der Waals surface area contributed by atoms with Gasteiger partial charge in [-0.2, -0.15) is 0 Å². The van der Waals surface area contributed by atoms with Crippen LogP contribution in [0.1, 0.15) is 35.3 Å². The number of ether oxygens (including phenoxy) is 1. The van der Waals surface area contributed by atoms with Crippen molar-refractivity contribution in [3.8, 4) is 11.4 Å². The number of hydrogen-bond acceptors (Lipinski definition) is 2. The van der Waals surface area contributed by atoms with Gasteiger partial charge in [-0.25, -0.2) is 9.18 Å². The zero-order chi connectivity index (χ0) is 23.7. The molecule has 34 heavy (non-hydrogen) atoms. The molecule has 172 valence electrons. The summed E-state index contributed by atoms with van der Waals surface area (Å²) in [5.74, 6) is 0.431. The standard InChI is InChI=1S/C28H26FN3O2/c1-3-34-23-14-11-20(12-15-23)27-26-9-6-16-31(26)25-8-5-4-7-21(25)18-32(27)28(33)30-22-13-10-19(2)24(29)17-22/h4-17,27H,3,18H2,1-2H3,(H,30,33). The van der Waals surface area contributed by atoms with Crippen molar-refractivity contribution in [3.05, 3.63) is 113 Å². The lowest BCUT2D eigenvalue weighted by atomic mass is 10.0. The molecule has 1 N–H and O–H groups in total. The van der Waals surface area contributed by atoms with Gasteiger partial charge in [-0.05, 0) is 73.0 Å². The molecule has 2 amide bonds. The van der Waals surface area contributed by atoms with Crippen molar-refractivity contribution in [1.29, 1.82) is 0 Å². The third kappa shape index (κ3) is 4.03. The van der Waals surface area contributed by atoms with Gasteiger partial charge in [0.05, 0.1) is 24.9 Å². The van der Waals surface area contributed by atoms with Crippen LogP contribution in [0.15, 0.2) is 85.1 Å². The number of nitrogens with zero attached hydrogens (tertiary/aromatic N) is 2. The summed E-state index contributed by atoms with van der Waals surface area (Å²) in [6, 6.07) is 24.0. The maximum absolute atomic E-state index is 14.2. The van der Waals surface area contributed by atoms with Crippen LogP contribution in [0.2, 0.25) is 0 Å². The summed E-state index contributed by atoms with van der Waals surface area (Å²) in [6.45, 7) is 4.63. The second-order valence-corrected chi connectivity index (χ2v) is 8.36. The van der Waals surface area contributed by atoms with Crippen LogP contribution in [0, 0.1) is 12.7 Å². The van der Waals surface area contributed by atoms with Crippen molar-refractivity contribution in [1.82, 2.24) is 9.47 Å². The highest BCUT2D eigenvalue weighted by molar-refractivity contribution is 5.90. The first kappa shape index (κ1) is 21.8. The minimum absolute atomic E-state index is 0.299. The fraction of sp³-hybridized carbons (Fsp3) is 0.179. The number of fused-ring (bicyclic) bond motifs is 3. The predicted octanol–water partition coefficient (Wildman–Crippen LogP) is 6.46. The molecular formula is C28H26FN3O2. The summed E-state index contributed by atoms with van der Waals surface area (Å²) in [4.78, 5) is 15.5. The molecule has 1 atom stereocenters. The Hall–Kier alpha value is -4.06. The second kappa shape index (κ2) is 9.06. The van der Waals surface area contributed by atoms with E-state index in [4.69, 9.17) is 4.74 Å². The molecule has 3 aromatic carbocycles.